The van der Waals surface area contributed by atoms with Gasteiger partial charge in [-0.1, -0.05) is 34.1 Å². The molecule has 7 fully saturated rings. The number of nitrogens with zero attached hydrogens (tertiary/aromatic N) is 1. The molecule has 1 N–H and O–H groups in total. The van der Waals surface area contributed by atoms with E-state index in [2.05, 4.69) is 39.5 Å². The van der Waals surface area contributed by atoms with Gasteiger partial charge >= 0.3 is 5.97 Å². The fraction of sp³-hybridized carbons (Fsp3) is 0.969. The van der Waals surface area contributed by atoms with E-state index < -0.39 is 11.7 Å². The molecule has 0 aromatic heterocycles. The van der Waals surface area contributed by atoms with E-state index in [0.29, 0.717) is 22.4 Å². The standard InChI is InChI=1S/C32H51NO4/c1-19(2)22-10-14-28(4)21-9-16-31-13-7-8-24(31)32(28,26(22)33(31)18-21)17-11-23-29(5)15-12-25(36-20(3)34)30(23,6)27(35)37-29/h19,21-27,35H,7-18H2,1-6H3/t21-,22-,23+,24-,25+,26+,27-,28+,29+,30+,31-,32+/m1/s1. The van der Waals surface area contributed by atoms with Crippen LogP contribution in [0.2, 0.25) is 0 Å². The van der Waals surface area contributed by atoms with Gasteiger partial charge in [0.05, 0.1) is 11.0 Å². The van der Waals surface area contributed by atoms with E-state index in [4.69, 9.17) is 9.47 Å². The molecule has 7 rings (SSSR count). The Kier molecular flexibility index (Phi) is 5.31. The highest BCUT2D eigenvalue weighted by Gasteiger charge is 2.80. The van der Waals surface area contributed by atoms with Crippen LogP contribution in [-0.2, 0) is 14.3 Å². The molecule has 0 amide bonds. The van der Waals surface area contributed by atoms with E-state index in [1.807, 2.05) is 0 Å². The molecule has 0 radical (unpaired) electrons. The average Bonchev–Trinajstić information content (AvgIpc) is 3.35. The summed E-state index contributed by atoms with van der Waals surface area (Å²) in [6.07, 6.45) is 12.7. The highest BCUT2D eigenvalue weighted by atomic mass is 16.6. The first-order chi connectivity index (χ1) is 17.4. The van der Waals surface area contributed by atoms with Gasteiger partial charge in [0.15, 0.2) is 6.29 Å². The summed E-state index contributed by atoms with van der Waals surface area (Å²) in [6.45, 7) is 14.9. The Labute approximate surface area is 224 Å². The van der Waals surface area contributed by atoms with Crippen LogP contribution >= 0.6 is 0 Å². The Bertz CT molecular complexity index is 984. The van der Waals surface area contributed by atoms with Crippen LogP contribution in [0.3, 0.4) is 0 Å². The monoisotopic (exact) mass is 513 g/mol. The first-order valence-electron chi connectivity index (χ1n) is 15.7. The fourth-order valence-electron chi connectivity index (χ4n) is 13.0. The molecule has 5 nitrogen and oxygen atoms in total. The maximum absolute atomic E-state index is 12.1. The number of rotatable bonds is 5. The number of aliphatic hydroxyl groups excluding tert-OH is 1. The molecule has 1 spiro atoms. The smallest absolute Gasteiger partial charge is 0.302 e. The number of aliphatic hydroxyl groups is 1. The molecule has 4 saturated heterocycles. The van der Waals surface area contributed by atoms with Crippen molar-refractivity contribution in [1.82, 2.24) is 4.90 Å². The third-order valence-electron chi connectivity index (χ3n) is 14.5. The summed E-state index contributed by atoms with van der Waals surface area (Å²) in [5.41, 5.74) is 0.348. The van der Waals surface area contributed by atoms with Crippen LogP contribution in [0, 0.1) is 45.8 Å². The molecule has 5 heteroatoms. The van der Waals surface area contributed by atoms with E-state index in [1.54, 1.807) is 0 Å². The summed E-state index contributed by atoms with van der Waals surface area (Å²) in [7, 11) is 0. The first-order valence-corrected chi connectivity index (χ1v) is 15.7. The minimum absolute atomic E-state index is 0.204. The number of esters is 1. The molecular weight excluding hydrogens is 462 g/mol. The number of ether oxygens (including phenoxy) is 2. The molecule has 0 aromatic rings. The van der Waals surface area contributed by atoms with Gasteiger partial charge in [0.25, 0.3) is 0 Å². The van der Waals surface area contributed by atoms with Gasteiger partial charge in [-0.15, -0.1) is 0 Å². The van der Waals surface area contributed by atoms with Gasteiger partial charge in [-0.25, -0.2) is 0 Å². The number of carbonyl (C=O) groups is 1. The first kappa shape index (κ1) is 25.3. The van der Waals surface area contributed by atoms with Crippen LogP contribution in [0.5, 0.6) is 0 Å². The molecule has 3 aliphatic carbocycles. The largest absolute Gasteiger partial charge is 0.462 e. The Morgan fingerprint density at radius 1 is 1.08 bits per heavy atom. The van der Waals surface area contributed by atoms with Gasteiger partial charge < -0.3 is 14.6 Å². The quantitative estimate of drug-likeness (QED) is 0.462. The van der Waals surface area contributed by atoms with Crippen molar-refractivity contribution in [1.29, 1.82) is 0 Å². The summed E-state index contributed by atoms with van der Waals surface area (Å²) in [6, 6.07) is 0.713. The second kappa shape index (κ2) is 7.75. The number of hydrogen-bond acceptors (Lipinski definition) is 5. The van der Waals surface area contributed by atoms with Gasteiger partial charge in [-0.3, -0.25) is 9.69 Å². The molecular formula is C32H51NO4. The van der Waals surface area contributed by atoms with Crippen molar-refractivity contribution in [3.05, 3.63) is 0 Å². The maximum Gasteiger partial charge on any atom is 0.302 e. The summed E-state index contributed by atoms with van der Waals surface area (Å²) < 4.78 is 12.3. The molecule has 0 aromatic carbocycles. The van der Waals surface area contributed by atoms with Crippen molar-refractivity contribution in [3.63, 3.8) is 0 Å². The van der Waals surface area contributed by atoms with Crippen LogP contribution in [0.25, 0.3) is 0 Å². The lowest BCUT2D eigenvalue weighted by molar-refractivity contribution is -0.188. The summed E-state index contributed by atoms with van der Waals surface area (Å²) in [4.78, 5) is 15.2. The maximum atomic E-state index is 12.1. The van der Waals surface area contributed by atoms with E-state index >= 15 is 0 Å². The predicted octanol–water partition coefficient (Wildman–Crippen LogP) is 5.93. The highest BCUT2D eigenvalue weighted by Crippen LogP contribution is 2.79. The number of piperidine rings is 2. The zero-order valence-corrected chi connectivity index (χ0v) is 24.2. The molecule has 13 atom stereocenters. The zero-order chi connectivity index (χ0) is 26.2. The summed E-state index contributed by atoms with van der Waals surface area (Å²) in [5.74, 6) is 3.13. The Balaban J connectivity index is 1.30. The normalized spacial score (nSPS) is 59.1. The average molecular weight is 514 g/mol. The molecule has 7 aliphatic rings. The van der Waals surface area contributed by atoms with Crippen molar-refractivity contribution in [3.8, 4) is 0 Å². The molecule has 1 unspecified atom stereocenters. The number of fused-ring (bicyclic) bond motifs is 4. The summed E-state index contributed by atoms with van der Waals surface area (Å²) >= 11 is 0. The van der Waals surface area contributed by atoms with Gasteiger partial charge in [0.2, 0.25) is 0 Å². The van der Waals surface area contributed by atoms with Crippen LogP contribution < -0.4 is 0 Å². The fourth-order valence-corrected chi connectivity index (χ4v) is 13.0. The molecule has 208 valence electrons. The molecule has 4 aliphatic heterocycles. The van der Waals surface area contributed by atoms with Crippen LogP contribution in [0.15, 0.2) is 0 Å². The van der Waals surface area contributed by atoms with Crippen molar-refractivity contribution in [2.45, 2.75) is 142 Å². The van der Waals surface area contributed by atoms with Crippen molar-refractivity contribution < 1.29 is 19.4 Å². The third-order valence-corrected chi connectivity index (χ3v) is 14.5. The summed E-state index contributed by atoms with van der Waals surface area (Å²) in [5, 5.41) is 11.3. The molecule has 37 heavy (non-hydrogen) atoms. The second-order valence-corrected chi connectivity index (χ2v) is 15.7. The minimum Gasteiger partial charge on any atom is -0.462 e. The van der Waals surface area contributed by atoms with E-state index in [1.165, 1.54) is 64.8 Å². The van der Waals surface area contributed by atoms with Crippen LogP contribution in [0.4, 0.5) is 0 Å². The number of carbonyl (C=O) groups excluding carboxylic acids is 1. The van der Waals surface area contributed by atoms with Crippen molar-refractivity contribution in [2.24, 2.45) is 45.8 Å². The van der Waals surface area contributed by atoms with Crippen molar-refractivity contribution >= 4 is 5.97 Å². The van der Waals surface area contributed by atoms with Gasteiger partial charge in [0.1, 0.15) is 6.10 Å². The second-order valence-electron chi connectivity index (χ2n) is 15.7. The zero-order valence-electron chi connectivity index (χ0n) is 24.2. The van der Waals surface area contributed by atoms with Crippen molar-refractivity contribution in [2.75, 3.05) is 6.54 Å². The van der Waals surface area contributed by atoms with Gasteiger partial charge in [0, 0.05) is 31.0 Å². The highest BCUT2D eigenvalue weighted by molar-refractivity contribution is 5.66. The minimum atomic E-state index is -0.870. The Morgan fingerprint density at radius 3 is 2.59 bits per heavy atom. The lowest BCUT2D eigenvalue weighted by Crippen LogP contribution is -2.68. The van der Waals surface area contributed by atoms with Crippen LogP contribution in [-0.4, -0.2) is 52.1 Å². The van der Waals surface area contributed by atoms with Gasteiger partial charge in [-0.05, 0) is 106 Å². The molecule has 3 saturated carbocycles. The van der Waals surface area contributed by atoms with E-state index in [0.717, 1.165) is 42.9 Å². The number of hydrogen-bond donors (Lipinski definition) is 1. The Hall–Kier alpha value is -0.650. The molecule has 4 heterocycles. The SMILES string of the molecule is CC(=O)O[C@H]1CC[C@]2(C)O[C@@H](O)[C@@]1(C)[C@H]2CC[C@]12[C@@H]3[C@@H](C(C)C)CC[C@@]1(C)[C@@H]1CC[C@@]4(CCC[C@H]42)N3C1. The van der Waals surface area contributed by atoms with E-state index in [-0.39, 0.29) is 23.6 Å². The lowest BCUT2D eigenvalue weighted by Gasteiger charge is -2.67. The lowest BCUT2D eigenvalue weighted by atomic mass is 9.41. The third kappa shape index (κ3) is 2.81. The molecule has 7 bridgehead atoms. The topological polar surface area (TPSA) is 59.0 Å². The predicted molar refractivity (Wildman–Crippen MR) is 143 cm³/mol. The van der Waals surface area contributed by atoms with E-state index in [9.17, 15) is 9.90 Å². The Morgan fingerprint density at radius 2 is 1.86 bits per heavy atom. The van der Waals surface area contributed by atoms with Gasteiger partial charge in [-0.2, -0.15) is 0 Å². The van der Waals surface area contributed by atoms with Crippen LogP contribution in [0.1, 0.15) is 112 Å².